The van der Waals surface area contributed by atoms with Gasteiger partial charge in [-0.25, -0.2) is 4.68 Å². The highest BCUT2D eigenvalue weighted by Gasteiger charge is 2.45. The number of aliphatic hydroxyl groups excluding tert-OH is 1. The van der Waals surface area contributed by atoms with Crippen LogP contribution in [0.5, 0.6) is 0 Å². The van der Waals surface area contributed by atoms with Crippen LogP contribution in [0.4, 0.5) is 0 Å². The molecule has 32 heavy (non-hydrogen) atoms. The van der Waals surface area contributed by atoms with Gasteiger partial charge in [0, 0.05) is 43.4 Å². The van der Waals surface area contributed by atoms with Gasteiger partial charge >= 0.3 is 0 Å². The van der Waals surface area contributed by atoms with Crippen molar-refractivity contribution in [1.82, 2.24) is 30.2 Å². The summed E-state index contributed by atoms with van der Waals surface area (Å²) in [5.74, 6) is -0.549. The molecule has 0 spiro atoms. The van der Waals surface area contributed by atoms with Crippen LogP contribution in [-0.2, 0) is 9.59 Å². The van der Waals surface area contributed by atoms with Crippen molar-refractivity contribution in [1.29, 1.82) is 0 Å². The Morgan fingerprint density at radius 2 is 2.03 bits per heavy atom. The number of amides is 2. The summed E-state index contributed by atoms with van der Waals surface area (Å²) in [5.41, 5.74) is 1.04. The van der Waals surface area contributed by atoms with Gasteiger partial charge in [0.05, 0.1) is 12.3 Å². The van der Waals surface area contributed by atoms with Crippen molar-refractivity contribution >= 4 is 22.6 Å². The molecule has 1 aromatic carbocycles. The summed E-state index contributed by atoms with van der Waals surface area (Å²) in [6, 6.07) is 6.40. The second-order valence-corrected chi connectivity index (χ2v) is 9.26. The Morgan fingerprint density at radius 3 is 2.75 bits per heavy atom. The normalized spacial score (nSPS) is 19.8. The van der Waals surface area contributed by atoms with Crippen molar-refractivity contribution in [3.05, 3.63) is 42.9 Å². The maximum absolute atomic E-state index is 13.7. The molecule has 1 fully saturated rings. The number of benzene rings is 1. The van der Waals surface area contributed by atoms with Crippen LogP contribution >= 0.6 is 0 Å². The van der Waals surface area contributed by atoms with Crippen molar-refractivity contribution in [2.45, 2.75) is 45.4 Å². The Bertz CT molecular complexity index is 1150. The van der Waals surface area contributed by atoms with Crippen LogP contribution in [0.15, 0.2) is 42.9 Å². The van der Waals surface area contributed by atoms with Crippen LogP contribution in [-0.4, -0.2) is 67.5 Å². The zero-order valence-corrected chi connectivity index (χ0v) is 18.7. The predicted octanol–water partition coefficient (Wildman–Crippen LogP) is 1.79. The highest BCUT2D eigenvalue weighted by molar-refractivity contribution is 5.95. The number of β-amino-alcohol motifs (C(OH)–C–C–N with tert-alkyl or cyclic N) is 1. The number of fused-ring (bicyclic) bond motifs is 1. The molecule has 0 aliphatic carbocycles. The monoisotopic (exact) mass is 436 g/mol. The third-order valence-electron chi connectivity index (χ3n) is 5.90. The maximum Gasteiger partial charge on any atom is 0.248 e. The molecule has 0 saturated carbocycles. The van der Waals surface area contributed by atoms with Crippen molar-refractivity contribution in [3.8, 4) is 11.3 Å². The molecule has 1 aliphatic rings. The molecule has 3 heterocycles. The molecule has 2 unspecified atom stereocenters. The highest BCUT2D eigenvalue weighted by Crippen LogP contribution is 2.35. The Hall–Kier alpha value is -3.33. The van der Waals surface area contributed by atoms with Crippen molar-refractivity contribution in [2.24, 2.45) is 5.41 Å². The van der Waals surface area contributed by atoms with Gasteiger partial charge in [0.2, 0.25) is 11.8 Å². The van der Waals surface area contributed by atoms with Gasteiger partial charge in [-0.1, -0.05) is 44.2 Å². The van der Waals surface area contributed by atoms with E-state index in [9.17, 15) is 14.7 Å². The van der Waals surface area contributed by atoms with E-state index in [1.54, 1.807) is 23.3 Å². The molecular formula is C23H28N6O3. The predicted molar refractivity (Wildman–Crippen MR) is 119 cm³/mol. The number of carbonyl (C=O) groups excluding carboxylic acids is 2. The number of aromatic nitrogens is 4. The summed E-state index contributed by atoms with van der Waals surface area (Å²) in [6.07, 6.45) is 4.77. The van der Waals surface area contributed by atoms with Gasteiger partial charge in [-0.05, 0) is 16.9 Å². The summed E-state index contributed by atoms with van der Waals surface area (Å²) in [7, 11) is 1.53. The number of likely N-dealkylation sites (tertiary alicyclic amines) is 1. The number of pyridine rings is 1. The van der Waals surface area contributed by atoms with Crippen molar-refractivity contribution in [2.75, 3.05) is 13.6 Å². The lowest BCUT2D eigenvalue weighted by molar-refractivity contribution is -0.144. The number of hydrogen-bond acceptors (Lipinski definition) is 6. The van der Waals surface area contributed by atoms with Gasteiger partial charge in [0.25, 0.3) is 0 Å². The third-order valence-corrected chi connectivity index (χ3v) is 5.90. The average Bonchev–Trinajstić information content (AvgIpc) is 3.38. The third kappa shape index (κ3) is 3.95. The lowest BCUT2D eigenvalue weighted by atomic mass is 9.85. The van der Waals surface area contributed by atoms with E-state index >= 15 is 0 Å². The number of nitrogens with one attached hydrogen (secondary N) is 1. The molecule has 1 saturated heterocycles. The number of hydrogen-bond donors (Lipinski definition) is 2. The lowest BCUT2D eigenvalue weighted by Crippen LogP contribution is -2.49. The zero-order chi connectivity index (χ0) is 23.0. The summed E-state index contributed by atoms with van der Waals surface area (Å²) < 4.78 is 1.57. The molecule has 0 bridgehead atoms. The first-order valence-corrected chi connectivity index (χ1v) is 10.7. The van der Waals surface area contributed by atoms with E-state index in [4.69, 9.17) is 0 Å². The van der Waals surface area contributed by atoms with Crippen LogP contribution in [0, 0.1) is 5.41 Å². The molecule has 0 radical (unpaired) electrons. The Kier molecular flexibility index (Phi) is 5.68. The SMILES string of the molecule is CNC(=O)C1CC(O)CN1C(=O)[C@@H](n1cc(-c2cccc3cnccc23)nn1)C(C)(C)C. The molecule has 9 heteroatoms. The first-order valence-electron chi connectivity index (χ1n) is 10.7. The smallest absolute Gasteiger partial charge is 0.248 e. The molecular weight excluding hydrogens is 408 g/mol. The van der Waals surface area contributed by atoms with E-state index in [-0.39, 0.29) is 24.8 Å². The molecule has 2 amide bonds. The van der Waals surface area contributed by atoms with E-state index < -0.39 is 23.6 Å². The molecule has 4 rings (SSSR count). The second-order valence-electron chi connectivity index (χ2n) is 9.26. The topological polar surface area (TPSA) is 113 Å². The Morgan fingerprint density at radius 1 is 1.25 bits per heavy atom. The van der Waals surface area contributed by atoms with Gasteiger partial charge in [-0.15, -0.1) is 5.10 Å². The largest absolute Gasteiger partial charge is 0.391 e. The maximum atomic E-state index is 13.7. The number of likely N-dealkylation sites (N-methyl/N-ethyl adjacent to an activating group) is 1. The lowest BCUT2D eigenvalue weighted by Gasteiger charge is -2.34. The van der Waals surface area contributed by atoms with Crippen LogP contribution < -0.4 is 5.32 Å². The fourth-order valence-corrected chi connectivity index (χ4v) is 4.38. The molecule has 9 nitrogen and oxygen atoms in total. The fraction of sp³-hybridized carbons (Fsp3) is 0.435. The van der Waals surface area contributed by atoms with Crippen LogP contribution in [0.25, 0.3) is 22.0 Å². The number of aliphatic hydroxyl groups is 1. The molecule has 1 aliphatic heterocycles. The highest BCUT2D eigenvalue weighted by atomic mass is 16.3. The van der Waals surface area contributed by atoms with E-state index in [0.29, 0.717) is 5.69 Å². The average molecular weight is 437 g/mol. The number of rotatable bonds is 4. The molecule has 3 atom stereocenters. The Balaban J connectivity index is 1.72. The van der Waals surface area contributed by atoms with Gasteiger partial charge < -0.3 is 15.3 Å². The first kappa shape index (κ1) is 21.9. The van der Waals surface area contributed by atoms with Crippen molar-refractivity contribution < 1.29 is 14.7 Å². The van der Waals surface area contributed by atoms with E-state index in [0.717, 1.165) is 16.3 Å². The summed E-state index contributed by atoms with van der Waals surface area (Å²) in [6.45, 7) is 5.95. The number of nitrogens with zero attached hydrogens (tertiary/aromatic N) is 5. The van der Waals surface area contributed by atoms with Gasteiger partial charge in [-0.2, -0.15) is 0 Å². The molecule has 168 valence electrons. The fourth-order valence-electron chi connectivity index (χ4n) is 4.38. The molecule has 3 aromatic rings. The summed E-state index contributed by atoms with van der Waals surface area (Å²) in [4.78, 5) is 31.6. The van der Waals surface area contributed by atoms with Gasteiger partial charge in [-0.3, -0.25) is 14.6 Å². The zero-order valence-electron chi connectivity index (χ0n) is 18.7. The summed E-state index contributed by atoms with van der Waals surface area (Å²) >= 11 is 0. The second kappa shape index (κ2) is 8.31. The van der Waals surface area contributed by atoms with Crippen LogP contribution in [0.1, 0.15) is 33.2 Å². The molecule has 2 N–H and O–H groups in total. The van der Waals surface area contributed by atoms with Gasteiger partial charge in [0.1, 0.15) is 17.8 Å². The Labute approximate surface area is 186 Å². The molecule has 2 aromatic heterocycles. The number of carbonyl (C=O) groups is 2. The standard InChI is InChI=1S/C23H28N6O3/c1-23(2,3)20(22(32)28-12-15(30)10-19(28)21(31)24-4)29-13-18(26-27-29)17-7-5-6-14-11-25-9-8-16(14)17/h5-9,11,13,15,19-20,30H,10,12H2,1-4H3,(H,24,31)/t15?,19?,20-/m1/s1. The minimum Gasteiger partial charge on any atom is -0.391 e. The summed E-state index contributed by atoms with van der Waals surface area (Å²) in [5, 5.41) is 23.4. The minimum absolute atomic E-state index is 0.112. The minimum atomic E-state index is -0.738. The van der Waals surface area contributed by atoms with E-state index in [2.05, 4.69) is 20.6 Å². The first-order chi connectivity index (χ1) is 15.2. The van der Waals surface area contributed by atoms with Crippen LogP contribution in [0.3, 0.4) is 0 Å². The van der Waals surface area contributed by atoms with E-state index in [1.807, 2.05) is 45.0 Å². The van der Waals surface area contributed by atoms with E-state index in [1.165, 1.54) is 11.9 Å². The van der Waals surface area contributed by atoms with Crippen LogP contribution in [0.2, 0.25) is 0 Å². The van der Waals surface area contributed by atoms with Crippen molar-refractivity contribution in [3.63, 3.8) is 0 Å². The quantitative estimate of drug-likeness (QED) is 0.645. The van der Waals surface area contributed by atoms with Gasteiger partial charge in [0.15, 0.2) is 0 Å².